The first-order valence-electron chi connectivity index (χ1n) is 11.8. The Balaban J connectivity index is 1.14. The maximum Gasteiger partial charge on any atom is 0.319 e. The molecule has 2 N–H and O–H groups in total. The van der Waals surface area contributed by atoms with Gasteiger partial charge in [0, 0.05) is 25.6 Å². The van der Waals surface area contributed by atoms with Crippen LogP contribution in [0.2, 0.25) is 0 Å². The number of aryl methyl sites for hydroxylation is 1. The molecule has 2 aliphatic heterocycles. The van der Waals surface area contributed by atoms with E-state index in [1.807, 2.05) is 41.1 Å². The molecule has 1 aliphatic carbocycles. The average molecular weight is 556 g/mol. The fourth-order valence-electron chi connectivity index (χ4n) is 5.63. The third-order valence-corrected chi connectivity index (χ3v) is 8.10. The van der Waals surface area contributed by atoms with Crippen LogP contribution in [-0.4, -0.2) is 75.0 Å². The predicted octanol–water partition coefficient (Wildman–Crippen LogP) is 2.40. The number of amides is 3. The van der Waals surface area contributed by atoms with Gasteiger partial charge in [0.1, 0.15) is 23.2 Å². The van der Waals surface area contributed by atoms with E-state index >= 15 is 0 Å². The first-order valence-corrected chi connectivity index (χ1v) is 12.6. The van der Waals surface area contributed by atoms with Gasteiger partial charge in [-0.3, -0.25) is 14.4 Å². The van der Waals surface area contributed by atoms with Crippen molar-refractivity contribution >= 4 is 27.9 Å². The van der Waals surface area contributed by atoms with Crippen molar-refractivity contribution in [1.82, 2.24) is 35.1 Å². The van der Waals surface area contributed by atoms with E-state index in [9.17, 15) is 9.59 Å². The van der Waals surface area contributed by atoms with Gasteiger partial charge in [0.15, 0.2) is 5.72 Å². The van der Waals surface area contributed by atoms with Crippen LogP contribution in [0.5, 0.6) is 5.75 Å². The first kappa shape index (κ1) is 23.0. The number of hydrogen-bond donors (Lipinski definition) is 2. The summed E-state index contributed by atoms with van der Waals surface area (Å²) in [6.45, 7) is 1.03. The molecule has 12 heteroatoms. The van der Waals surface area contributed by atoms with Crippen LogP contribution < -0.4 is 15.4 Å². The number of nitrogens with zero attached hydrogens (tertiary/aromatic N) is 5. The molecule has 2 aromatic heterocycles. The quantitative estimate of drug-likeness (QED) is 0.432. The summed E-state index contributed by atoms with van der Waals surface area (Å²) in [4.78, 5) is 27.0. The third-order valence-electron chi connectivity index (χ3n) is 7.45. The van der Waals surface area contributed by atoms with Crippen LogP contribution in [0, 0.1) is 0 Å². The summed E-state index contributed by atoms with van der Waals surface area (Å²) in [5, 5.41) is 14.6. The van der Waals surface area contributed by atoms with Crippen molar-refractivity contribution in [2.24, 2.45) is 0 Å². The molecule has 1 aromatic carbocycles. The van der Waals surface area contributed by atoms with Gasteiger partial charge < -0.3 is 24.7 Å². The molecular weight excluding hydrogens is 530 g/mol. The number of methoxy groups -OCH3 is 1. The highest BCUT2D eigenvalue weighted by atomic mass is 79.9. The molecule has 36 heavy (non-hydrogen) atoms. The summed E-state index contributed by atoms with van der Waals surface area (Å²) in [5.74, 6) is 0.637. The van der Waals surface area contributed by atoms with Gasteiger partial charge in [-0.15, -0.1) is 5.10 Å². The van der Waals surface area contributed by atoms with Crippen LogP contribution in [0.25, 0.3) is 11.3 Å². The second-order valence-corrected chi connectivity index (χ2v) is 10.1. The van der Waals surface area contributed by atoms with Crippen LogP contribution in [0.4, 0.5) is 4.79 Å². The molecule has 0 radical (unpaired) electrons. The second kappa shape index (κ2) is 8.63. The number of aromatic nitrogens is 4. The van der Waals surface area contributed by atoms with E-state index in [4.69, 9.17) is 9.47 Å². The highest BCUT2D eigenvalue weighted by Crippen LogP contribution is 2.48. The normalized spacial score (nSPS) is 26.3. The molecular formula is C24H26BrN7O4. The number of halogens is 1. The Morgan fingerprint density at radius 2 is 1.97 bits per heavy atom. The zero-order valence-electron chi connectivity index (χ0n) is 19.8. The van der Waals surface area contributed by atoms with E-state index in [-0.39, 0.29) is 30.1 Å². The first-order chi connectivity index (χ1) is 17.4. The van der Waals surface area contributed by atoms with E-state index in [1.165, 1.54) is 0 Å². The zero-order valence-corrected chi connectivity index (χ0v) is 21.4. The van der Waals surface area contributed by atoms with Crippen LogP contribution in [0.3, 0.4) is 0 Å². The van der Waals surface area contributed by atoms with Crippen LogP contribution in [0.1, 0.15) is 29.4 Å². The summed E-state index contributed by atoms with van der Waals surface area (Å²) in [5.41, 5.74) is 1.49. The summed E-state index contributed by atoms with van der Waals surface area (Å²) in [6, 6.07) is 10.5. The highest BCUT2D eigenvalue weighted by Gasteiger charge is 2.65. The third kappa shape index (κ3) is 3.50. The Kier molecular flexibility index (Phi) is 5.52. The molecule has 3 aromatic rings. The van der Waals surface area contributed by atoms with E-state index in [2.05, 4.69) is 36.9 Å². The van der Waals surface area contributed by atoms with Gasteiger partial charge in [-0.1, -0.05) is 5.21 Å². The minimum absolute atomic E-state index is 0.0440. The van der Waals surface area contributed by atoms with E-state index < -0.39 is 5.72 Å². The number of carbonyl (C=O) groups excluding carboxylic acids is 2. The van der Waals surface area contributed by atoms with Gasteiger partial charge in [0.2, 0.25) is 0 Å². The van der Waals surface area contributed by atoms with Gasteiger partial charge in [-0.05, 0) is 58.7 Å². The molecule has 6 rings (SSSR count). The summed E-state index contributed by atoms with van der Waals surface area (Å²) < 4.78 is 16.3. The van der Waals surface area contributed by atoms with Crippen molar-refractivity contribution in [2.45, 2.75) is 43.2 Å². The molecule has 4 heterocycles. The van der Waals surface area contributed by atoms with Gasteiger partial charge in [0.05, 0.1) is 36.6 Å². The Bertz CT molecular complexity index is 1320. The van der Waals surface area contributed by atoms with Crippen molar-refractivity contribution < 1.29 is 19.1 Å². The second-order valence-electron chi connectivity index (χ2n) is 9.31. The number of urea groups is 1. The molecule has 3 amide bonds. The molecule has 188 valence electrons. The Morgan fingerprint density at radius 1 is 1.17 bits per heavy atom. The van der Waals surface area contributed by atoms with E-state index in [0.29, 0.717) is 31.7 Å². The summed E-state index contributed by atoms with van der Waals surface area (Å²) in [7, 11) is 3.38. The van der Waals surface area contributed by atoms with Crippen molar-refractivity contribution in [2.75, 3.05) is 20.8 Å². The number of nitrogens with one attached hydrogen (secondary N) is 2. The van der Waals surface area contributed by atoms with Gasteiger partial charge in [0.25, 0.3) is 5.91 Å². The largest absolute Gasteiger partial charge is 0.497 e. The lowest BCUT2D eigenvalue weighted by molar-refractivity contribution is -0.119. The fourth-order valence-corrected chi connectivity index (χ4v) is 6.22. The van der Waals surface area contributed by atoms with Crippen molar-refractivity contribution in [3.63, 3.8) is 0 Å². The standard InChI is InChI=1S/C24H26BrN7O4/c1-30-23(34)27-21-20-18(32-17(22(33)26-20)8-9-19(32)25)12-24(21,30)36-11-3-10-31-13-16(28-29-31)14-4-6-15(35-2)7-5-14/h4-9,13,18,20-21H,3,10-12H2,1-2H3,(H,26,33)(H,27,34)/t18-,20-,21?,24+/m1/s1. The monoisotopic (exact) mass is 555 g/mol. The molecule has 0 spiro atoms. The highest BCUT2D eigenvalue weighted by molar-refractivity contribution is 9.10. The molecule has 1 unspecified atom stereocenters. The number of likely N-dealkylation sites (N-methyl/N-ethyl adjacent to an activating group) is 1. The minimum Gasteiger partial charge on any atom is -0.497 e. The maximum absolute atomic E-state index is 12.7. The fraction of sp³-hybridized carbons (Fsp3) is 0.417. The lowest BCUT2D eigenvalue weighted by atomic mass is 10.0. The van der Waals surface area contributed by atoms with E-state index in [1.54, 1.807) is 29.8 Å². The number of rotatable bonds is 7. The number of ether oxygens (including phenoxy) is 2. The minimum atomic E-state index is -0.859. The molecule has 1 saturated heterocycles. The molecule has 4 atom stereocenters. The molecule has 3 aliphatic rings. The summed E-state index contributed by atoms with van der Waals surface area (Å²) in [6.07, 6.45) is 3.14. The topological polar surface area (TPSA) is 116 Å². The van der Waals surface area contributed by atoms with Gasteiger partial charge in [-0.2, -0.15) is 0 Å². The Hall–Kier alpha value is -3.38. The number of benzene rings is 1. The predicted molar refractivity (Wildman–Crippen MR) is 132 cm³/mol. The molecule has 0 bridgehead atoms. The van der Waals surface area contributed by atoms with Gasteiger partial charge >= 0.3 is 6.03 Å². The lowest BCUT2D eigenvalue weighted by Crippen LogP contribution is -2.57. The van der Waals surface area contributed by atoms with Crippen molar-refractivity contribution in [1.29, 1.82) is 0 Å². The van der Waals surface area contributed by atoms with Crippen molar-refractivity contribution in [3.05, 3.63) is 52.9 Å². The number of carbonyl (C=O) groups is 2. The van der Waals surface area contributed by atoms with Crippen LogP contribution in [0.15, 0.2) is 47.2 Å². The SMILES string of the molecule is COc1ccc(-c2cn(CCCO[C@@]34C[C@@H]5[C@@H](NC(=O)c6ccc(Br)n65)C3NC(=O)N4C)nn2)cc1. The Morgan fingerprint density at radius 3 is 2.75 bits per heavy atom. The van der Waals surface area contributed by atoms with Crippen molar-refractivity contribution in [3.8, 4) is 17.0 Å². The Labute approximate surface area is 215 Å². The molecule has 1 saturated carbocycles. The van der Waals surface area contributed by atoms with Crippen LogP contribution in [-0.2, 0) is 11.3 Å². The van der Waals surface area contributed by atoms with Gasteiger partial charge in [-0.25, -0.2) is 4.79 Å². The zero-order chi connectivity index (χ0) is 25.0. The molecule has 2 fully saturated rings. The number of fused-ring (bicyclic) bond motifs is 5. The maximum atomic E-state index is 12.7. The summed E-state index contributed by atoms with van der Waals surface area (Å²) >= 11 is 3.58. The number of hydrogen-bond acceptors (Lipinski definition) is 6. The lowest BCUT2D eigenvalue weighted by Gasteiger charge is -2.34. The average Bonchev–Trinajstić information content (AvgIpc) is 3.63. The van der Waals surface area contributed by atoms with Crippen LogP contribution >= 0.6 is 15.9 Å². The van der Waals surface area contributed by atoms with E-state index in [0.717, 1.165) is 21.6 Å². The smallest absolute Gasteiger partial charge is 0.319 e. The molecule has 11 nitrogen and oxygen atoms in total.